The molecule has 138 valence electrons. The van der Waals surface area contributed by atoms with Gasteiger partial charge in [-0.3, -0.25) is 9.89 Å². The van der Waals surface area contributed by atoms with Crippen molar-refractivity contribution >= 4 is 30.7 Å². The fraction of sp³-hybridized carbons (Fsp3) is 0.750. The van der Waals surface area contributed by atoms with Crippen molar-refractivity contribution in [2.24, 2.45) is 5.92 Å². The summed E-state index contributed by atoms with van der Waals surface area (Å²) in [7, 11) is 0. The molecule has 6 nitrogen and oxygen atoms in total. The molecule has 0 unspecified atom stereocenters. The van der Waals surface area contributed by atoms with Crippen LogP contribution in [-0.4, -0.2) is 53.2 Å². The Bertz CT molecular complexity index is 527. The molecule has 0 aliphatic carbocycles. The van der Waals surface area contributed by atoms with E-state index in [1.54, 1.807) is 0 Å². The summed E-state index contributed by atoms with van der Waals surface area (Å²) >= 11 is 0. The van der Waals surface area contributed by atoms with Crippen LogP contribution in [0.2, 0.25) is 0 Å². The van der Waals surface area contributed by atoms with Crippen LogP contribution in [0.5, 0.6) is 0 Å². The van der Waals surface area contributed by atoms with E-state index < -0.39 is 0 Å². The standard InChI is InChI=1S/C16H27N5O.2ClH/c1-11(2)10-21-7-4-12(5-8-21)18-16(22)15-13-9-17-6-3-14(13)19-20-15;;/h11-12,17H,3-10H2,1-2H3,(H,18,22)(H,19,20);2*1H. The molecule has 0 atom stereocenters. The average Bonchev–Trinajstić information content (AvgIpc) is 2.93. The number of halogens is 2. The molecule has 1 aromatic rings. The summed E-state index contributed by atoms with van der Waals surface area (Å²) in [4.78, 5) is 15.0. The number of aromatic amines is 1. The smallest absolute Gasteiger partial charge is 0.272 e. The number of piperidine rings is 1. The van der Waals surface area contributed by atoms with Crippen molar-refractivity contribution in [1.82, 2.24) is 25.7 Å². The molecule has 1 fully saturated rings. The number of carbonyl (C=O) groups is 1. The van der Waals surface area contributed by atoms with Crippen molar-refractivity contribution in [3.63, 3.8) is 0 Å². The Hall–Kier alpha value is -0.820. The maximum Gasteiger partial charge on any atom is 0.272 e. The summed E-state index contributed by atoms with van der Waals surface area (Å²) in [6.07, 6.45) is 2.98. The number of carbonyl (C=O) groups excluding carboxylic acids is 1. The molecule has 8 heteroatoms. The third-order valence-electron chi connectivity index (χ3n) is 4.57. The zero-order chi connectivity index (χ0) is 15.5. The lowest BCUT2D eigenvalue weighted by Gasteiger charge is -2.33. The summed E-state index contributed by atoms with van der Waals surface area (Å²) < 4.78 is 0. The van der Waals surface area contributed by atoms with Crippen molar-refractivity contribution in [2.45, 2.75) is 45.7 Å². The third-order valence-corrected chi connectivity index (χ3v) is 4.57. The Morgan fingerprint density at radius 3 is 2.71 bits per heavy atom. The van der Waals surface area contributed by atoms with Gasteiger partial charge in [0.15, 0.2) is 5.69 Å². The minimum absolute atomic E-state index is 0. The van der Waals surface area contributed by atoms with Crippen LogP contribution in [-0.2, 0) is 13.0 Å². The molecule has 0 bridgehead atoms. The van der Waals surface area contributed by atoms with E-state index in [2.05, 4.69) is 39.6 Å². The number of hydrogen-bond donors (Lipinski definition) is 3. The van der Waals surface area contributed by atoms with Gasteiger partial charge in [-0.1, -0.05) is 13.8 Å². The molecular formula is C16H29Cl2N5O. The second kappa shape index (κ2) is 9.61. The first-order valence-corrected chi connectivity index (χ1v) is 8.43. The predicted octanol–water partition coefficient (Wildman–Crippen LogP) is 1.75. The normalized spacial score (nSPS) is 18.5. The fourth-order valence-corrected chi connectivity index (χ4v) is 3.44. The van der Waals surface area contributed by atoms with Gasteiger partial charge in [-0.15, -0.1) is 24.8 Å². The Morgan fingerprint density at radius 2 is 2.04 bits per heavy atom. The quantitative estimate of drug-likeness (QED) is 0.747. The highest BCUT2D eigenvalue weighted by atomic mass is 35.5. The second-order valence-corrected chi connectivity index (χ2v) is 6.90. The number of nitrogens with zero attached hydrogens (tertiary/aromatic N) is 2. The van der Waals surface area contributed by atoms with Gasteiger partial charge in [0, 0.05) is 56.4 Å². The Morgan fingerprint density at radius 1 is 1.33 bits per heavy atom. The summed E-state index contributed by atoms with van der Waals surface area (Å²) in [5.41, 5.74) is 2.73. The summed E-state index contributed by atoms with van der Waals surface area (Å²) in [6, 6.07) is 0.278. The lowest BCUT2D eigenvalue weighted by molar-refractivity contribution is 0.0901. The van der Waals surface area contributed by atoms with Crippen LogP contribution in [0.15, 0.2) is 0 Å². The van der Waals surface area contributed by atoms with Crippen LogP contribution in [0.4, 0.5) is 0 Å². The first-order valence-electron chi connectivity index (χ1n) is 8.43. The summed E-state index contributed by atoms with van der Waals surface area (Å²) in [5, 5.41) is 13.7. The summed E-state index contributed by atoms with van der Waals surface area (Å²) in [6.45, 7) is 9.49. The number of aromatic nitrogens is 2. The molecule has 1 amide bonds. The average molecular weight is 378 g/mol. The fourth-order valence-electron chi connectivity index (χ4n) is 3.44. The molecule has 24 heavy (non-hydrogen) atoms. The van der Waals surface area contributed by atoms with E-state index in [0.29, 0.717) is 11.6 Å². The molecule has 1 saturated heterocycles. The van der Waals surface area contributed by atoms with Crippen molar-refractivity contribution in [1.29, 1.82) is 0 Å². The molecule has 1 aromatic heterocycles. The van der Waals surface area contributed by atoms with Crippen molar-refractivity contribution in [3.05, 3.63) is 17.0 Å². The van der Waals surface area contributed by atoms with Crippen molar-refractivity contribution in [2.75, 3.05) is 26.2 Å². The molecule has 2 aliphatic rings. The van der Waals surface area contributed by atoms with E-state index in [-0.39, 0.29) is 36.8 Å². The van der Waals surface area contributed by atoms with Gasteiger partial charge in [-0.25, -0.2) is 0 Å². The van der Waals surface area contributed by atoms with E-state index in [0.717, 1.165) is 63.2 Å². The highest BCUT2D eigenvalue weighted by Gasteiger charge is 2.25. The van der Waals surface area contributed by atoms with E-state index in [9.17, 15) is 4.79 Å². The Kier molecular flexibility index (Phi) is 8.50. The van der Waals surface area contributed by atoms with E-state index in [1.807, 2.05) is 0 Å². The topological polar surface area (TPSA) is 73.0 Å². The van der Waals surface area contributed by atoms with Crippen LogP contribution in [0.1, 0.15) is 48.4 Å². The molecule has 0 spiro atoms. The van der Waals surface area contributed by atoms with E-state index in [4.69, 9.17) is 0 Å². The molecule has 0 aromatic carbocycles. The van der Waals surface area contributed by atoms with Crippen LogP contribution in [0.25, 0.3) is 0 Å². The van der Waals surface area contributed by atoms with Gasteiger partial charge in [-0.2, -0.15) is 5.10 Å². The van der Waals surface area contributed by atoms with Crippen molar-refractivity contribution in [3.8, 4) is 0 Å². The highest BCUT2D eigenvalue weighted by molar-refractivity contribution is 5.94. The molecule has 3 heterocycles. The van der Waals surface area contributed by atoms with Crippen LogP contribution >= 0.6 is 24.8 Å². The van der Waals surface area contributed by atoms with Crippen LogP contribution in [0.3, 0.4) is 0 Å². The monoisotopic (exact) mass is 377 g/mol. The number of amides is 1. The summed E-state index contributed by atoms with van der Waals surface area (Å²) in [5.74, 6) is 0.678. The van der Waals surface area contributed by atoms with Gasteiger partial charge in [0.1, 0.15) is 0 Å². The molecular weight excluding hydrogens is 349 g/mol. The van der Waals surface area contributed by atoms with E-state index >= 15 is 0 Å². The predicted molar refractivity (Wildman–Crippen MR) is 100 cm³/mol. The number of fused-ring (bicyclic) bond motifs is 1. The van der Waals surface area contributed by atoms with Crippen LogP contribution < -0.4 is 10.6 Å². The Labute approximate surface area is 156 Å². The first kappa shape index (κ1) is 21.2. The minimum atomic E-state index is -0.0245. The highest BCUT2D eigenvalue weighted by Crippen LogP contribution is 2.17. The van der Waals surface area contributed by atoms with Gasteiger partial charge in [0.2, 0.25) is 0 Å². The first-order chi connectivity index (χ1) is 10.6. The van der Waals surface area contributed by atoms with Crippen LogP contribution in [0, 0.1) is 5.92 Å². The maximum absolute atomic E-state index is 12.5. The van der Waals surface area contributed by atoms with Gasteiger partial charge >= 0.3 is 0 Å². The largest absolute Gasteiger partial charge is 0.348 e. The lowest BCUT2D eigenvalue weighted by Crippen LogP contribution is -2.45. The van der Waals surface area contributed by atoms with Gasteiger partial charge in [0.05, 0.1) is 0 Å². The maximum atomic E-state index is 12.5. The zero-order valence-corrected chi connectivity index (χ0v) is 16.1. The zero-order valence-electron chi connectivity index (χ0n) is 14.4. The number of nitrogens with one attached hydrogen (secondary N) is 3. The van der Waals surface area contributed by atoms with Gasteiger partial charge in [0.25, 0.3) is 5.91 Å². The lowest BCUT2D eigenvalue weighted by atomic mass is 10.0. The number of rotatable bonds is 4. The van der Waals surface area contributed by atoms with E-state index in [1.165, 1.54) is 0 Å². The molecule has 2 aliphatic heterocycles. The minimum Gasteiger partial charge on any atom is -0.348 e. The SMILES string of the molecule is CC(C)CN1CCC(NC(=O)c2n[nH]c3c2CNCC3)CC1.Cl.Cl. The molecule has 0 saturated carbocycles. The molecule has 3 N–H and O–H groups in total. The number of likely N-dealkylation sites (tertiary alicyclic amines) is 1. The van der Waals surface area contributed by atoms with Crippen molar-refractivity contribution < 1.29 is 4.79 Å². The number of hydrogen-bond acceptors (Lipinski definition) is 4. The Balaban J connectivity index is 0.00000144. The molecule has 3 rings (SSSR count). The number of H-pyrrole nitrogens is 1. The second-order valence-electron chi connectivity index (χ2n) is 6.90. The van der Waals surface area contributed by atoms with Gasteiger partial charge < -0.3 is 15.5 Å². The third kappa shape index (κ3) is 5.09. The molecule has 0 radical (unpaired) electrons. The van der Waals surface area contributed by atoms with Gasteiger partial charge in [-0.05, 0) is 18.8 Å².